The van der Waals surface area contributed by atoms with Crippen LogP contribution >= 0.6 is 0 Å². The van der Waals surface area contributed by atoms with Gasteiger partial charge in [-0.25, -0.2) is 0 Å². The average Bonchev–Trinajstić information content (AvgIpc) is 2.18. The summed E-state index contributed by atoms with van der Waals surface area (Å²) in [6.07, 6.45) is 0. The highest BCUT2D eigenvalue weighted by molar-refractivity contribution is 5.82. The number of amides is 1. The summed E-state index contributed by atoms with van der Waals surface area (Å²) in [5.41, 5.74) is 7.17. The maximum Gasteiger partial charge on any atom is 0.239 e. The lowest BCUT2D eigenvalue weighted by molar-refractivity contribution is -0.118. The second kappa shape index (κ2) is 4.68. The fourth-order valence-corrected chi connectivity index (χ4v) is 1.18. The average molecular weight is 207 g/mol. The van der Waals surface area contributed by atoms with Crippen molar-refractivity contribution in [3.05, 3.63) is 24.3 Å². The van der Waals surface area contributed by atoms with Crippen LogP contribution < -0.4 is 16.0 Å². The smallest absolute Gasteiger partial charge is 0.239 e. The van der Waals surface area contributed by atoms with Crippen LogP contribution in [0.15, 0.2) is 24.3 Å². The minimum absolute atomic E-state index is 0.352. The van der Waals surface area contributed by atoms with Crippen LogP contribution in [0.4, 0.5) is 11.4 Å². The summed E-state index contributed by atoms with van der Waals surface area (Å²) in [5, 5.41) is 3.01. The number of nitrogens with two attached hydrogens (primary N) is 1. The molecule has 82 valence electrons. The molecule has 0 saturated heterocycles. The number of benzene rings is 1. The lowest BCUT2D eigenvalue weighted by Gasteiger charge is -2.15. The van der Waals surface area contributed by atoms with E-state index in [9.17, 15) is 4.79 Å². The van der Waals surface area contributed by atoms with Gasteiger partial charge in [0.05, 0.1) is 0 Å². The predicted molar refractivity (Wildman–Crippen MR) is 63.0 cm³/mol. The van der Waals surface area contributed by atoms with Gasteiger partial charge in [-0.2, -0.15) is 0 Å². The molecule has 0 spiro atoms. The molecule has 0 saturated carbocycles. The van der Waals surface area contributed by atoms with Gasteiger partial charge in [0, 0.05) is 25.5 Å². The van der Waals surface area contributed by atoms with Gasteiger partial charge >= 0.3 is 0 Å². The quantitative estimate of drug-likeness (QED) is 0.775. The summed E-state index contributed by atoms with van der Waals surface area (Å²) in [4.78, 5) is 12.8. The molecule has 4 nitrogen and oxygen atoms in total. The SMILES string of the molecule is CC(Nc1ccc(N(C)C)cc1)C(N)=O. The van der Waals surface area contributed by atoms with Crippen molar-refractivity contribution in [2.24, 2.45) is 5.73 Å². The van der Waals surface area contributed by atoms with Gasteiger partial charge in [-0.3, -0.25) is 4.79 Å². The van der Waals surface area contributed by atoms with Crippen molar-refractivity contribution in [1.82, 2.24) is 0 Å². The predicted octanol–water partition coefficient (Wildman–Crippen LogP) is 1.04. The van der Waals surface area contributed by atoms with E-state index in [1.807, 2.05) is 43.3 Å². The van der Waals surface area contributed by atoms with Crippen LogP contribution in [0.2, 0.25) is 0 Å². The molecule has 0 bridgehead atoms. The van der Waals surface area contributed by atoms with E-state index in [1.54, 1.807) is 6.92 Å². The molecule has 1 aromatic carbocycles. The topological polar surface area (TPSA) is 58.4 Å². The molecular formula is C11H17N3O. The first-order valence-electron chi connectivity index (χ1n) is 4.84. The molecule has 0 radical (unpaired) electrons. The highest BCUT2D eigenvalue weighted by atomic mass is 16.1. The van der Waals surface area contributed by atoms with Gasteiger partial charge in [0.25, 0.3) is 0 Å². The number of rotatable bonds is 4. The van der Waals surface area contributed by atoms with E-state index in [4.69, 9.17) is 5.73 Å². The first-order chi connectivity index (χ1) is 7.00. The number of hydrogen-bond acceptors (Lipinski definition) is 3. The second-order valence-corrected chi connectivity index (χ2v) is 3.71. The zero-order valence-electron chi connectivity index (χ0n) is 9.32. The summed E-state index contributed by atoms with van der Waals surface area (Å²) in [6.45, 7) is 1.74. The second-order valence-electron chi connectivity index (χ2n) is 3.71. The van der Waals surface area contributed by atoms with Crippen LogP contribution in [0, 0.1) is 0 Å². The normalized spacial score (nSPS) is 11.9. The zero-order valence-corrected chi connectivity index (χ0v) is 9.32. The molecular weight excluding hydrogens is 190 g/mol. The third kappa shape index (κ3) is 3.16. The first-order valence-corrected chi connectivity index (χ1v) is 4.84. The number of primary amides is 1. The van der Waals surface area contributed by atoms with Gasteiger partial charge in [0.2, 0.25) is 5.91 Å². The molecule has 1 rings (SSSR count). The molecule has 1 unspecified atom stereocenters. The maximum absolute atomic E-state index is 10.8. The van der Waals surface area contributed by atoms with Gasteiger partial charge in [0.1, 0.15) is 6.04 Å². The Bertz CT molecular complexity index is 332. The van der Waals surface area contributed by atoms with Gasteiger partial charge in [-0.15, -0.1) is 0 Å². The number of nitrogens with one attached hydrogen (secondary N) is 1. The highest BCUT2D eigenvalue weighted by Gasteiger charge is 2.07. The Balaban J connectivity index is 2.68. The van der Waals surface area contributed by atoms with E-state index in [1.165, 1.54) is 0 Å². The van der Waals surface area contributed by atoms with Crippen molar-refractivity contribution < 1.29 is 4.79 Å². The summed E-state index contributed by atoms with van der Waals surface area (Å²) < 4.78 is 0. The Morgan fingerprint density at radius 1 is 1.33 bits per heavy atom. The van der Waals surface area contributed by atoms with Crippen molar-refractivity contribution in [1.29, 1.82) is 0 Å². The molecule has 0 aromatic heterocycles. The molecule has 0 heterocycles. The van der Waals surface area contributed by atoms with E-state index in [2.05, 4.69) is 5.32 Å². The third-order valence-electron chi connectivity index (χ3n) is 2.19. The third-order valence-corrected chi connectivity index (χ3v) is 2.19. The summed E-state index contributed by atoms with van der Waals surface area (Å²) in [7, 11) is 3.96. The Labute approximate surface area is 90.1 Å². The lowest BCUT2D eigenvalue weighted by atomic mass is 10.2. The van der Waals surface area contributed by atoms with Crippen LogP contribution in [0.5, 0.6) is 0 Å². The van der Waals surface area contributed by atoms with Crippen LogP contribution in [-0.4, -0.2) is 26.0 Å². The highest BCUT2D eigenvalue weighted by Crippen LogP contribution is 2.16. The molecule has 1 aromatic rings. The number of nitrogens with zero attached hydrogens (tertiary/aromatic N) is 1. The number of anilines is 2. The minimum Gasteiger partial charge on any atom is -0.378 e. The number of carbonyl (C=O) groups is 1. The fourth-order valence-electron chi connectivity index (χ4n) is 1.18. The zero-order chi connectivity index (χ0) is 11.4. The summed E-state index contributed by atoms with van der Waals surface area (Å²) in [5.74, 6) is -0.355. The Morgan fingerprint density at radius 3 is 2.27 bits per heavy atom. The molecule has 4 heteroatoms. The van der Waals surface area contributed by atoms with Gasteiger partial charge in [-0.05, 0) is 31.2 Å². The largest absolute Gasteiger partial charge is 0.378 e. The standard InChI is InChI=1S/C11H17N3O/c1-8(11(12)15)13-9-4-6-10(7-5-9)14(2)3/h4-8,13H,1-3H3,(H2,12,15). The molecule has 0 fully saturated rings. The molecule has 0 aliphatic heterocycles. The van der Waals surface area contributed by atoms with Crippen molar-refractivity contribution in [3.63, 3.8) is 0 Å². The van der Waals surface area contributed by atoms with Crippen molar-refractivity contribution in [3.8, 4) is 0 Å². The number of carbonyl (C=O) groups excluding carboxylic acids is 1. The van der Waals surface area contributed by atoms with Crippen molar-refractivity contribution in [2.75, 3.05) is 24.3 Å². The number of hydrogen-bond donors (Lipinski definition) is 2. The van der Waals surface area contributed by atoms with E-state index in [0.29, 0.717) is 0 Å². The van der Waals surface area contributed by atoms with E-state index in [-0.39, 0.29) is 11.9 Å². The summed E-state index contributed by atoms with van der Waals surface area (Å²) in [6, 6.07) is 7.46. The van der Waals surface area contributed by atoms with E-state index in [0.717, 1.165) is 11.4 Å². The molecule has 1 amide bonds. The van der Waals surface area contributed by atoms with Crippen LogP contribution in [0.1, 0.15) is 6.92 Å². The lowest BCUT2D eigenvalue weighted by Crippen LogP contribution is -2.32. The minimum atomic E-state index is -0.355. The molecule has 15 heavy (non-hydrogen) atoms. The van der Waals surface area contributed by atoms with E-state index < -0.39 is 0 Å². The molecule has 3 N–H and O–H groups in total. The van der Waals surface area contributed by atoms with Crippen molar-refractivity contribution in [2.45, 2.75) is 13.0 Å². The molecule has 0 aliphatic carbocycles. The summed E-state index contributed by atoms with van der Waals surface area (Å²) >= 11 is 0. The van der Waals surface area contributed by atoms with Gasteiger partial charge in [-0.1, -0.05) is 0 Å². The fraction of sp³-hybridized carbons (Fsp3) is 0.364. The first kappa shape index (κ1) is 11.4. The molecule has 1 atom stereocenters. The van der Waals surface area contributed by atoms with Gasteiger partial charge < -0.3 is 16.0 Å². The van der Waals surface area contributed by atoms with E-state index >= 15 is 0 Å². The van der Waals surface area contributed by atoms with Gasteiger partial charge in [0.15, 0.2) is 0 Å². The maximum atomic E-state index is 10.8. The van der Waals surface area contributed by atoms with Crippen LogP contribution in [-0.2, 0) is 4.79 Å². The monoisotopic (exact) mass is 207 g/mol. The Hall–Kier alpha value is -1.71. The van der Waals surface area contributed by atoms with Crippen LogP contribution in [0.25, 0.3) is 0 Å². The Morgan fingerprint density at radius 2 is 1.87 bits per heavy atom. The van der Waals surface area contributed by atoms with Crippen molar-refractivity contribution >= 4 is 17.3 Å². The Kier molecular flexibility index (Phi) is 3.55. The molecule has 0 aliphatic rings. The van der Waals surface area contributed by atoms with Crippen LogP contribution in [0.3, 0.4) is 0 Å².